The van der Waals surface area contributed by atoms with E-state index in [1.807, 2.05) is 0 Å². The van der Waals surface area contributed by atoms with E-state index in [0.717, 1.165) is 18.4 Å². The number of aliphatic hydroxyl groups is 1. The highest BCUT2D eigenvalue weighted by molar-refractivity contribution is 5.26. The molecule has 0 saturated heterocycles. The maximum Gasteiger partial charge on any atom is 0.126 e. The lowest BCUT2D eigenvalue weighted by Gasteiger charge is -2.19. The topological polar surface area (TPSA) is 46.2 Å². The highest BCUT2D eigenvalue weighted by Crippen LogP contribution is 2.20. The maximum atomic E-state index is 13.1. The molecular weight excluding hydrogens is 205 g/mol. The van der Waals surface area contributed by atoms with Crippen LogP contribution in [0.1, 0.15) is 43.4 Å². The molecule has 0 aliphatic heterocycles. The summed E-state index contributed by atoms with van der Waals surface area (Å²) in [6, 6.07) is 4.32. The van der Waals surface area contributed by atoms with Crippen LogP contribution in [0.4, 0.5) is 4.39 Å². The van der Waals surface area contributed by atoms with Crippen LogP contribution in [0, 0.1) is 12.7 Å². The minimum absolute atomic E-state index is 0.237. The summed E-state index contributed by atoms with van der Waals surface area (Å²) in [7, 11) is 0. The van der Waals surface area contributed by atoms with Gasteiger partial charge in [0.25, 0.3) is 0 Å². The standard InChI is InChI=1S/C13H20FNO/c1-3-4-5-12(16)13(15)10-6-7-11(14)9(2)8-10/h6-8,12-13,16H,3-5,15H2,1-2H3/t12-,13+/m1/s1. The summed E-state index contributed by atoms with van der Waals surface area (Å²) in [6.07, 6.45) is 2.12. The van der Waals surface area contributed by atoms with E-state index in [-0.39, 0.29) is 5.82 Å². The van der Waals surface area contributed by atoms with E-state index in [2.05, 4.69) is 6.92 Å². The molecule has 2 atom stereocenters. The molecule has 0 fully saturated rings. The van der Waals surface area contributed by atoms with Gasteiger partial charge in [-0.2, -0.15) is 0 Å². The van der Waals surface area contributed by atoms with Crippen LogP contribution in [0.25, 0.3) is 0 Å². The number of aryl methyl sites for hydroxylation is 1. The van der Waals surface area contributed by atoms with Crippen molar-refractivity contribution in [3.8, 4) is 0 Å². The Morgan fingerprint density at radius 2 is 2.12 bits per heavy atom. The first-order chi connectivity index (χ1) is 7.56. The summed E-state index contributed by atoms with van der Waals surface area (Å²) in [6.45, 7) is 3.77. The molecule has 0 bridgehead atoms. The molecule has 0 aromatic heterocycles. The van der Waals surface area contributed by atoms with Crippen molar-refractivity contribution >= 4 is 0 Å². The van der Waals surface area contributed by atoms with Gasteiger partial charge in [0.1, 0.15) is 5.82 Å². The van der Waals surface area contributed by atoms with Crippen molar-refractivity contribution in [3.63, 3.8) is 0 Å². The smallest absolute Gasteiger partial charge is 0.126 e. The van der Waals surface area contributed by atoms with Crippen molar-refractivity contribution in [1.29, 1.82) is 0 Å². The van der Waals surface area contributed by atoms with Crippen molar-refractivity contribution in [2.24, 2.45) is 5.73 Å². The van der Waals surface area contributed by atoms with Crippen LogP contribution >= 0.6 is 0 Å². The van der Waals surface area contributed by atoms with Crippen LogP contribution in [0.2, 0.25) is 0 Å². The molecule has 0 aliphatic rings. The minimum atomic E-state index is -0.551. The van der Waals surface area contributed by atoms with Crippen LogP contribution in [0.3, 0.4) is 0 Å². The van der Waals surface area contributed by atoms with Gasteiger partial charge in [0, 0.05) is 0 Å². The number of hydrogen-bond acceptors (Lipinski definition) is 2. The van der Waals surface area contributed by atoms with Crippen LogP contribution < -0.4 is 5.73 Å². The molecule has 0 aliphatic carbocycles. The number of hydrogen-bond donors (Lipinski definition) is 2. The van der Waals surface area contributed by atoms with Gasteiger partial charge in [0.2, 0.25) is 0 Å². The van der Waals surface area contributed by atoms with Crippen molar-refractivity contribution in [1.82, 2.24) is 0 Å². The second kappa shape index (κ2) is 5.97. The molecular formula is C13H20FNO. The molecule has 0 spiro atoms. The summed E-state index contributed by atoms with van der Waals surface area (Å²) >= 11 is 0. The second-order valence-electron chi connectivity index (χ2n) is 4.24. The summed E-state index contributed by atoms with van der Waals surface area (Å²) in [5, 5.41) is 9.84. The summed E-state index contributed by atoms with van der Waals surface area (Å²) in [5.74, 6) is -0.237. The number of unbranched alkanes of at least 4 members (excludes halogenated alkanes) is 1. The third kappa shape index (κ3) is 3.29. The Hall–Kier alpha value is -0.930. The lowest BCUT2D eigenvalue weighted by atomic mass is 9.97. The van der Waals surface area contributed by atoms with Crippen LogP contribution in [0.15, 0.2) is 18.2 Å². The van der Waals surface area contributed by atoms with Gasteiger partial charge >= 0.3 is 0 Å². The van der Waals surface area contributed by atoms with E-state index in [1.165, 1.54) is 6.07 Å². The molecule has 1 aromatic carbocycles. The number of aliphatic hydroxyl groups excluding tert-OH is 1. The number of nitrogens with two attached hydrogens (primary N) is 1. The highest BCUT2D eigenvalue weighted by Gasteiger charge is 2.16. The van der Waals surface area contributed by atoms with E-state index in [4.69, 9.17) is 5.73 Å². The van der Waals surface area contributed by atoms with Gasteiger partial charge in [-0.3, -0.25) is 0 Å². The van der Waals surface area contributed by atoms with E-state index in [9.17, 15) is 9.50 Å². The van der Waals surface area contributed by atoms with Gasteiger partial charge in [-0.05, 0) is 30.5 Å². The molecule has 3 heteroatoms. The molecule has 3 N–H and O–H groups in total. The zero-order valence-corrected chi connectivity index (χ0v) is 9.91. The molecule has 16 heavy (non-hydrogen) atoms. The molecule has 90 valence electrons. The fourth-order valence-corrected chi connectivity index (χ4v) is 1.69. The predicted octanol–water partition coefficient (Wildman–Crippen LogP) is 2.69. The average molecular weight is 225 g/mol. The SMILES string of the molecule is CCCC[C@@H](O)[C@@H](N)c1ccc(F)c(C)c1. The van der Waals surface area contributed by atoms with Crippen molar-refractivity contribution in [2.45, 2.75) is 45.3 Å². The van der Waals surface area contributed by atoms with E-state index < -0.39 is 12.1 Å². The minimum Gasteiger partial charge on any atom is -0.391 e. The van der Waals surface area contributed by atoms with Crippen LogP contribution in [0.5, 0.6) is 0 Å². The first-order valence-corrected chi connectivity index (χ1v) is 5.76. The summed E-state index contributed by atoms with van der Waals surface area (Å²) < 4.78 is 13.1. The van der Waals surface area contributed by atoms with E-state index >= 15 is 0 Å². The molecule has 0 amide bonds. The fourth-order valence-electron chi connectivity index (χ4n) is 1.69. The third-order valence-electron chi connectivity index (χ3n) is 2.83. The third-order valence-corrected chi connectivity index (χ3v) is 2.83. The summed E-state index contributed by atoms with van der Waals surface area (Å²) in [4.78, 5) is 0. The van der Waals surface area contributed by atoms with Gasteiger partial charge in [-0.1, -0.05) is 31.9 Å². The number of halogens is 1. The number of rotatable bonds is 5. The molecule has 1 aromatic rings. The molecule has 0 heterocycles. The normalized spacial score (nSPS) is 14.8. The quantitative estimate of drug-likeness (QED) is 0.809. The van der Waals surface area contributed by atoms with Crippen molar-refractivity contribution in [3.05, 3.63) is 35.1 Å². The Labute approximate surface area is 96.3 Å². The van der Waals surface area contributed by atoms with Gasteiger partial charge < -0.3 is 10.8 Å². The van der Waals surface area contributed by atoms with Gasteiger partial charge in [-0.15, -0.1) is 0 Å². The molecule has 0 radical (unpaired) electrons. The molecule has 2 nitrogen and oxygen atoms in total. The zero-order chi connectivity index (χ0) is 12.1. The largest absolute Gasteiger partial charge is 0.391 e. The van der Waals surface area contributed by atoms with Gasteiger partial charge in [0.05, 0.1) is 12.1 Å². The Bertz CT molecular complexity index is 341. The van der Waals surface area contributed by atoms with E-state index in [1.54, 1.807) is 19.1 Å². The Balaban J connectivity index is 2.71. The first-order valence-electron chi connectivity index (χ1n) is 5.76. The van der Waals surface area contributed by atoms with Crippen molar-refractivity contribution in [2.75, 3.05) is 0 Å². The zero-order valence-electron chi connectivity index (χ0n) is 9.91. The summed E-state index contributed by atoms with van der Waals surface area (Å²) in [5.41, 5.74) is 7.29. The molecule has 0 saturated carbocycles. The first kappa shape index (κ1) is 13.1. The average Bonchev–Trinajstić information content (AvgIpc) is 2.28. The molecule has 0 unspecified atom stereocenters. The Kier molecular flexibility index (Phi) is 4.90. The van der Waals surface area contributed by atoms with E-state index in [0.29, 0.717) is 12.0 Å². The van der Waals surface area contributed by atoms with Crippen molar-refractivity contribution < 1.29 is 9.50 Å². The lowest BCUT2D eigenvalue weighted by Crippen LogP contribution is -2.26. The van der Waals surface area contributed by atoms with Gasteiger partial charge in [-0.25, -0.2) is 4.39 Å². The lowest BCUT2D eigenvalue weighted by molar-refractivity contribution is 0.132. The maximum absolute atomic E-state index is 13.1. The highest BCUT2D eigenvalue weighted by atomic mass is 19.1. The predicted molar refractivity (Wildman–Crippen MR) is 63.6 cm³/mol. The monoisotopic (exact) mass is 225 g/mol. The van der Waals surface area contributed by atoms with Crippen LogP contribution in [-0.4, -0.2) is 11.2 Å². The Morgan fingerprint density at radius 3 is 2.69 bits per heavy atom. The molecule has 1 rings (SSSR count). The second-order valence-corrected chi connectivity index (χ2v) is 4.24. The fraction of sp³-hybridized carbons (Fsp3) is 0.538. The van der Waals surface area contributed by atoms with Crippen LogP contribution in [-0.2, 0) is 0 Å². The number of benzene rings is 1. The Morgan fingerprint density at radius 1 is 1.44 bits per heavy atom. The van der Waals surface area contributed by atoms with Gasteiger partial charge in [0.15, 0.2) is 0 Å².